The SMILES string of the molecule is CC(C)COC(=O)C(SCCCCCCC(F)F)C(C)C. The summed E-state index contributed by atoms with van der Waals surface area (Å²) in [4.78, 5) is 12.0. The summed E-state index contributed by atoms with van der Waals surface area (Å²) >= 11 is 1.63. The molecule has 0 saturated carbocycles. The zero-order chi connectivity index (χ0) is 16.3. The molecule has 0 aromatic heterocycles. The molecular formula is C16H30F2O2S. The van der Waals surface area contributed by atoms with Crippen molar-refractivity contribution >= 4 is 17.7 Å². The number of halogens is 2. The van der Waals surface area contributed by atoms with Gasteiger partial charge >= 0.3 is 5.97 Å². The fourth-order valence-electron chi connectivity index (χ4n) is 1.83. The van der Waals surface area contributed by atoms with Crippen LogP contribution < -0.4 is 0 Å². The Morgan fingerprint density at radius 2 is 1.67 bits per heavy atom. The van der Waals surface area contributed by atoms with Gasteiger partial charge in [0.15, 0.2) is 0 Å². The van der Waals surface area contributed by atoms with Crippen molar-refractivity contribution in [3.63, 3.8) is 0 Å². The minimum atomic E-state index is -2.18. The van der Waals surface area contributed by atoms with E-state index in [2.05, 4.69) is 0 Å². The summed E-state index contributed by atoms with van der Waals surface area (Å²) in [5, 5.41) is -0.121. The fourth-order valence-corrected chi connectivity index (χ4v) is 3.04. The molecule has 21 heavy (non-hydrogen) atoms. The molecule has 1 unspecified atom stereocenters. The van der Waals surface area contributed by atoms with Crippen molar-refractivity contribution in [1.29, 1.82) is 0 Å². The highest BCUT2D eigenvalue weighted by molar-refractivity contribution is 8.00. The molecule has 0 heterocycles. The van der Waals surface area contributed by atoms with Crippen LogP contribution in [0.15, 0.2) is 0 Å². The third-order valence-electron chi connectivity index (χ3n) is 3.01. The minimum absolute atomic E-state index is 0.00326. The Labute approximate surface area is 132 Å². The molecule has 0 bridgehead atoms. The van der Waals surface area contributed by atoms with Gasteiger partial charge in [-0.25, -0.2) is 8.78 Å². The number of hydrogen-bond donors (Lipinski definition) is 0. The van der Waals surface area contributed by atoms with Crippen LogP contribution in [0.25, 0.3) is 0 Å². The standard InChI is InChI=1S/C16H30F2O2S/c1-12(2)11-20-16(19)15(13(3)4)21-10-8-6-5-7-9-14(17)18/h12-15H,5-11H2,1-4H3. The van der Waals surface area contributed by atoms with Gasteiger partial charge in [-0.05, 0) is 30.4 Å². The summed E-state index contributed by atoms with van der Waals surface area (Å²) in [6.07, 6.45) is 1.17. The van der Waals surface area contributed by atoms with Crippen LogP contribution in [0.2, 0.25) is 0 Å². The first kappa shape index (κ1) is 20.7. The first-order valence-electron chi connectivity index (χ1n) is 7.91. The number of thioether (sulfide) groups is 1. The second-order valence-corrected chi connectivity index (χ2v) is 7.40. The Bertz CT molecular complexity index is 271. The van der Waals surface area contributed by atoms with E-state index < -0.39 is 6.43 Å². The summed E-state index contributed by atoms with van der Waals surface area (Å²) in [5.41, 5.74) is 0. The predicted molar refractivity (Wildman–Crippen MR) is 86.0 cm³/mol. The van der Waals surface area contributed by atoms with Crippen LogP contribution in [0.1, 0.15) is 59.8 Å². The quantitative estimate of drug-likeness (QED) is 0.366. The molecule has 0 aromatic rings. The number of carbonyl (C=O) groups excluding carboxylic acids is 1. The highest BCUT2D eigenvalue weighted by atomic mass is 32.2. The smallest absolute Gasteiger partial charge is 0.319 e. The number of rotatable bonds is 12. The van der Waals surface area contributed by atoms with Gasteiger partial charge in [-0.1, -0.05) is 40.5 Å². The van der Waals surface area contributed by atoms with Crippen LogP contribution in [0.5, 0.6) is 0 Å². The molecule has 2 nitrogen and oxygen atoms in total. The predicted octanol–water partition coefficient (Wildman–Crippen LogP) is 5.16. The van der Waals surface area contributed by atoms with E-state index in [1.807, 2.05) is 27.7 Å². The van der Waals surface area contributed by atoms with Gasteiger partial charge in [-0.15, -0.1) is 11.8 Å². The van der Waals surface area contributed by atoms with E-state index in [-0.39, 0.29) is 23.6 Å². The minimum Gasteiger partial charge on any atom is -0.465 e. The van der Waals surface area contributed by atoms with Gasteiger partial charge in [0.1, 0.15) is 5.25 Å². The largest absolute Gasteiger partial charge is 0.465 e. The van der Waals surface area contributed by atoms with Gasteiger partial charge in [0, 0.05) is 6.42 Å². The summed E-state index contributed by atoms with van der Waals surface area (Å²) in [7, 11) is 0. The van der Waals surface area contributed by atoms with Crippen molar-refractivity contribution in [3.05, 3.63) is 0 Å². The number of ether oxygens (including phenoxy) is 1. The first-order valence-corrected chi connectivity index (χ1v) is 8.95. The molecule has 0 aliphatic rings. The van der Waals surface area contributed by atoms with E-state index in [0.717, 1.165) is 25.0 Å². The van der Waals surface area contributed by atoms with Crippen LogP contribution in [0.3, 0.4) is 0 Å². The molecule has 0 saturated heterocycles. The van der Waals surface area contributed by atoms with Gasteiger partial charge in [0.2, 0.25) is 6.43 Å². The van der Waals surface area contributed by atoms with Gasteiger partial charge < -0.3 is 4.74 Å². The normalized spacial score (nSPS) is 13.2. The average Bonchev–Trinajstić information content (AvgIpc) is 2.38. The van der Waals surface area contributed by atoms with Crippen LogP contribution in [-0.2, 0) is 9.53 Å². The number of esters is 1. The molecule has 0 rings (SSSR count). The van der Waals surface area contributed by atoms with Gasteiger partial charge in [0.25, 0.3) is 0 Å². The molecule has 0 fully saturated rings. The molecule has 0 aromatic carbocycles. The van der Waals surface area contributed by atoms with E-state index in [0.29, 0.717) is 18.9 Å². The molecule has 1 atom stereocenters. The first-order chi connectivity index (χ1) is 9.84. The van der Waals surface area contributed by atoms with Crippen molar-refractivity contribution in [2.45, 2.75) is 71.5 Å². The molecule has 0 spiro atoms. The van der Waals surface area contributed by atoms with E-state index in [1.165, 1.54) is 0 Å². The highest BCUT2D eigenvalue weighted by Gasteiger charge is 2.24. The van der Waals surface area contributed by atoms with Crippen molar-refractivity contribution < 1.29 is 18.3 Å². The fraction of sp³-hybridized carbons (Fsp3) is 0.938. The Morgan fingerprint density at radius 1 is 1.05 bits per heavy atom. The maximum absolute atomic E-state index is 12.0. The van der Waals surface area contributed by atoms with Crippen LogP contribution >= 0.6 is 11.8 Å². The van der Waals surface area contributed by atoms with Gasteiger partial charge in [-0.2, -0.15) is 0 Å². The molecule has 0 N–H and O–H groups in total. The van der Waals surface area contributed by atoms with Crippen LogP contribution in [-0.4, -0.2) is 30.0 Å². The van der Waals surface area contributed by atoms with E-state index in [9.17, 15) is 13.6 Å². The van der Waals surface area contributed by atoms with Gasteiger partial charge in [-0.3, -0.25) is 4.79 Å². The summed E-state index contributed by atoms with van der Waals surface area (Å²) in [6.45, 7) is 8.55. The van der Waals surface area contributed by atoms with E-state index in [4.69, 9.17) is 4.74 Å². The second kappa shape index (κ2) is 12.2. The van der Waals surface area contributed by atoms with E-state index in [1.54, 1.807) is 11.8 Å². The Kier molecular flexibility index (Phi) is 12.1. The lowest BCUT2D eigenvalue weighted by atomic mass is 10.1. The Morgan fingerprint density at radius 3 is 2.19 bits per heavy atom. The molecular weight excluding hydrogens is 294 g/mol. The Balaban J connectivity index is 3.82. The van der Waals surface area contributed by atoms with Crippen molar-refractivity contribution in [2.75, 3.05) is 12.4 Å². The van der Waals surface area contributed by atoms with Crippen molar-refractivity contribution in [1.82, 2.24) is 0 Å². The number of carbonyl (C=O) groups is 1. The lowest BCUT2D eigenvalue weighted by Crippen LogP contribution is -2.27. The maximum atomic E-state index is 12.0. The number of alkyl halides is 2. The lowest BCUT2D eigenvalue weighted by Gasteiger charge is -2.19. The van der Waals surface area contributed by atoms with Crippen LogP contribution in [0.4, 0.5) is 8.78 Å². The molecule has 0 aliphatic heterocycles. The maximum Gasteiger partial charge on any atom is 0.319 e. The lowest BCUT2D eigenvalue weighted by molar-refractivity contribution is -0.144. The summed E-state index contributed by atoms with van der Waals surface area (Å²) < 4.78 is 29.2. The number of unbranched alkanes of at least 4 members (excludes halogenated alkanes) is 3. The molecule has 0 radical (unpaired) electrons. The monoisotopic (exact) mass is 324 g/mol. The summed E-state index contributed by atoms with van der Waals surface area (Å²) in [5.74, 6) is 1.35. The van der Waals surface area contributed by atoms with Crippen LogP contribution in [0, 0.1) is 11.8 Å². The average molecular weight is 324 g/mol. The topological polar surface area (TPSA) is 26.3 Å². The van der Waals surface area contributed by atoms with Crippen molar-refractivity contribution in [2.24, 2.45) is 11.8 Å². The second-order valence-electron chi connectivity index (χ2n) is 6.15. The zero-order valence-electron chi connectivity index (χ0n) is 13.7. The van der Waals surface area contributed by atoms with E-state index >= 15 is 0 Å². The Hall–Kier alpha value is -0.320. The summed E-state index contributed by atoms with van der Waals surface area (Å²) in [6, 6.07) is 0. The third-order valence-corrected chi connectivity index (χ3v) is 4.63. The third kappa shape index (κ3) is 12.0. The molecule has 0 amide bonds. The highest BCUT2D eigenvalue weighted by Crippen LogP contribution is 2.23. The number of hydrogen-bond acceptors (Lipinski definition) is 3. The zero-order valence-corrected chi connectivity index (χ0v) is 14.6. The van der Waals surface area contributed by atoms with Gasteiger partial charge in [0.05, 0.1) is 6.61 Å². The molecule has 0 aliphatic carbocycles. The molecule has 5 heteroatoms. The molecule has 126 valence electrons. The van der Waals surface area contributed by atoms with Crippen molar-refractivity contribution in [3.8, 4) is 0 Å².